The third kappa shape index (κ3) is 3.14. The lowest BCUT2D eigenvalue weighted by atomic mass is 10.2. The van der Waals surface area contributed by atoms with Gasteiger partial charge >= 0.3 is 0 Å². The van der Waals surface area contributed by atoms with Crippen LogP contribution < -0.4 is 5.43 Å². The second-order valence-corrected chi connectivity index (χ2v) is 6.98. The fourth-order valence-corrected chi connectivity index (χ4v) is 1.91. The van der Waals surface area contributed by atoms with Gasteiger partial charge in [0, 0.05) is 6.42 Å². The van der Waals surface area contributed by atoms with E-state index in [0.29, 0.717) is 12.5 Å². The summed E-state index contributed by atoms with van der Waals surface area (Å²) in [5.41, 5.74) is 2.78. The van der Waals surface area contributed by atoms with Crippen LogP contribution in [-0.2, 0) is 0 Å². The molecular formula is C8H12Cl5N3. The molecule has 0 saturated heterocycles. The van der Waals surface area contributed by atoms with E-state index in [4.69, 9.17) is 58.0 Å². The number of nitrogens with zero attached hydrogens (tertiary/aromatic N) is 2. The van der Waals surface area contributed by atoms with Crippen molar-refractivity contribution in [3.8, 4) is 0 Å². The van der Waals surface area contributed by atoms with Crippen molar-refractivity contribution < 1.29 is 0 Å². The molecule has 94 valence electrons. The first-order valence-corrected chi connectivity index (χ1v) is 6.71. The molecule has 1 rings (SSSR count). The van der Waals surface area contributed by atoms with E-state index in [0.717, 1.165) is 19.3 Å². The van der Waals surface area contributed by atoms with E-state index >= 15 is 0 Å². The lowest BCUT2D eigenvalue weighted by molar-refractivity contribution is 0.355. The predicted molar refractivity (Wildman–Crippen MR) is 71.5 cm³/mol. The van der Waals surface area contributed by atoms with Crippen LogP contribution in [0.4, 0.5) is 0 Å². The van der Waals surface area contributed by atoms with Crippen LogP contribution in [-0.4, -0.2) is 25.7 Å². The standard InChI is InChI=1S/C8H12Cl5N3/c1-2-3-4-6-15-14-5-16(6)8(12,13)7(9,10)11/h14H,2-5H2,1H3. The lowest BCUT2D eigenvalue weighted by Crippen LogP contribution is -2.51. The maximum Gasteiger partial charge on any atom is 0.241 e. The molecule has 0 unspecified atom stereocenters. The number of amidine groups is 1. The van der Waals surface area contributed by atoms with Crippen LogP contribution >= 0.6 is 58.0 Å². The molecule has 1 heterocycles. The van der Waals surface area contributed by atoms with Crippen LogP contribution in [0.5, 0.6) is 0 Å². The molecule has 0 amide bonds. The van der Waals surface area contributed by atoms with Crippen molar-refractivity contribution in [2.45, 2.75) is 34.4 Å². The predicted octanol–water partition coefficient (Wildman–Crippen LogP) is 3.85. The van der Waals surface area contributed by atoms with E-state index in [1.807, 2.05) is 0 Å². The lowest BCUT2D eigenvalue weighted by Gasteiger charge is -2.37. The first-order chi connectivity index (χ1) is 7.30. The van der Waals surface area contributed by atoms with E-state index in [1.54, 1.807) is 4.90 Å². The van der Waals surface area contributed by atoms with Gasteiger partial charge in [-0.2, -0.15) is 5.10 Å². The number of alkyl halides is 5. The highest BCUT2D eigenvalue weighted by Crippen LogP contribution is 2.48. The molecule has 0 spiro atoms. The molecule has 0 aromatic carbocycles. The van der Waals surface area contributed by atoms with Crippen LogP contribution in [0, 0.1) is 0 Å². The van der Waals surface area contributed by atoms with E-state index in [1.165, 1.54) is 0 Å². The summed E-state index contributed by atoms with van der Waals surface area (Å²) in [7, 11) is 0. The number of hydrogen-bond donors (Lipinski definition) is 1. The smallest absolute Gasteiger partial charge is 0.241 e. The zero-order valence-electron chi connectivity index (χ0n) is 8.61. The maximum atomic E-state index is 6.07. The summed E-state index contributed by atoms with van der Waals surface area (Å²) in [6, 6.07) is 0. The highest BCUT2D eigenvalue weighted by Gasteiger charge is 2.52. The molecule has 8 heteroatoms. The monoisotopic (exact) mass is 325 g/mol. The summed E-state index contributed by atoms with van der Waals surface area (Å²) in [5.74, 6) is 0.707. The molecular weight excluding hydrogens is 315 g/mol. The molecule has 1 N–H and O–H groups in total. The maximum absolute atomic E-state index is 6.07. The van der Waals surface area contributed by atoms with E-state index in [2.05, 4.69) is 17.5 Å². The number of unbranched alkanes of at least 4 members (excludes halogenated alkanes) is 1. The summed E-state index contributed by atoms with van der Waals surface area (Å²) < 4.78 is -3.44. The molecule has 1 aliphatic rings. The summed E-state index contributed by atoms with van der Waals surface area (Å²) in [5, 5.41) is 4.08. The highest BCUT2D eigenvalue weighted by atomic mass is 35.6. The molecule has 16 heavy (non-hydrogen) atoms. The molecule has 0 aromatic heterocycles. The normalized spacial score (nSPS) is 17.4. The molecule has 0 radical (unpaired) electrons. The Morgan fingerprint density at radius 3 is 2.44 bits per heavy atom. The quantitative estimate of drug-likeness (QED) is 0.627. The van der Waals surface area contributed by atoms with E-state index in [-0.39, 0.29) is 0 Å². The minimum atomic E-state index is -1.81. The van der Waals surface area contributed by atoms with Gasteiger partial charge in [-0.15, -0.1) is 0 Å². The van der Waals surface area contributed by atoms with Gasteiger partial charge < -0.3 is 4.90 Å². The first kappa shape index (κ1) is 14.8. The zero-order chi connectivity index (χ0) is 12.4. The van der Waals surface area contributed by atoms with Gasteiger partial charge in [-0.05, 0) is 6.42 Å². The molecule has 1 aliphatic heterocycles. The Labute approximate surface area is 120 Å². The summed E-state index contributed by atoms with van der Waals surface area (Å²) in [4.78, 5) is 1.55. The van der Waals surface area contributed by atoms with Crippen LogP contribution in [0.1, 0.15) is 26.2 Å². The van der Waals surface area contributed by atoms with Crippen LogP contribution in [0.2, 0.25) is 0 Å². The van der Waals surface area contributed by atoms with Crippen molar-refractivity contribution in [1.82, 2.24) is 10.3 Å². The van der Waals surface area contributed by atoms with Crippen LogP contribution in [0.3, 0.4) is 0 Å². The van der Waals surface area contributed by atoms with Crippen molar-refractivity contribution in [1.29, 1.82) is 0 Å². The molecule has 0 aromatic rings. The molecule has 0 bridgehead atoms. The number of rotatable bonds is 4. The first-order valence-electron chi connectivity index (χ1n) is 4.82. The van der Waals surface area contributed by atoms with Gasteiger partial charge in [0.25, 0.3) is 0 Å². The Bertz CT molecular complexity index is 273. The SMILES string of the molecule is CCCCC1=NNCN1C(Cl)(Cl)C(Cl)(Cl)Cl. The molecule has 0 fully saturated rings. The Morgan fingerprint density at radius 2 is 1.94 bits per heavy atom. The number of nitrogens with one attached hydrogen (secondary N) is 1. The highest BCUT2D eigenvalue weighted by molar-refractivity contribution is 6.75. The van der Waals surface area contributed by atoms with Gasteiger partial charge in [0.2, 0.25) is 8.25 Å². The average Bonchev–Trinajstić information content (AvgIpc) is 2.61. The van der Waals surface area contributed by atoms with Gasteiger partial charge in [-0.25, -0.2) is 0 Å². The molecule has 0 saturated carbocycles. The van der Waals surface area contributed by atoms with Gasteiger partial charge in [-0.1, -0.05) is 71.3 Å². The van der Waals surface area contributed by atoms with Crippen molar-refractivity contribution in [2.75, 3.05) is 6.67 Å². The minimum absolute atomic E-state index is 0.333. The fourth-order valence-electron chi connectivity index (χ4n) is 1.29. The largest absolute Gasteiger partial charge is 0.304 e. The van der Waals surface area contributed by atoms with Gasteiger partial charge in [0.05, 0.1) is 0 Å². The minimum Gasteiger partial charge on any atom is -0.304 e. The van der Waals surface area contributed by atoms with E-state index in [9.17, 15) is 0 Å². The van der Waals surface area contributed by atoms with E-state index < -0.39 is 8.25 Å². The van der Waals surface area contributed by atoms with Gasteiger partial charge in [0.15, 0.2) is 0 Å². The summed E-state index contributed by atoms with van der Waals surface area (Å²) in [6.45, 7) is 2.41. The third-order valence-electron chi connectivity index (χ3n) is 2.18. The number of hydrogen-bond acceptors (Lipinski definition) is 3. The molecule has 3 nitrogen and oxygen atoms in total. The van der Waals surface area contributed by atoms with Crippen molar-refractivity contribution in [3.63, 3.8) is 0 Å². The zero-order valence-corrected chi connectivity index (χ0v) is 12.4. The van der Waals surface area contributed by atoms with Crippen molar-refractivity contribution in [2.24, 2.45) is 5.10 Å². The number of hydrazone groups is 1. The summed E-state index contributed by atoms with van der Waals surface area (Å²) in [6.07, 6.45) is 2.75. The van der Waals surface area contributed by atoms with Crippen LogP contribution in [0.15, 0.2) is 5.10 Å². The van der Waals surface area contributed by atoms with Crippen molar-refractivity contribution >= 4 is 63.8 Å². The van der Waals surface area contributed by atoms with Crippen molar-refractivity contribution in [3.05, 3.63) is 0 Å². The topological polar surface area (TPSA) is 27.6 Å². The number of halogens is 5. The summed E-state index contributed by atoms with van der Waals surface area (Å²) >= 11 is 29.4. The molecule has 0 atom stereocenters. The third-order valence-corrected chi connectivity index (χ3v) is 4.56. The average molecular weight is 327 g/mol. The van der Waals surface area contributed by atoms with Gasteiger partial charge in [-0.3, -0.25) is 5.43 Å². The van der Waals surface area contributed by atoms with Gasteiger partial charge in [0.1, 0.15) is 12.5 Å². The molecule has 0 aliphatic carbocycles. The Hall–Kier alpha value is 0.720. The fraction of sp³-hybridized carbons (Fsp3) is 0.875. The second-order valence-electron chi connectivity index (χ2n) is 3.41. The Balaban J connectivity index is 2.77. The van der Waals surface area contributed by atoms with Crippen LogP contribution in [0.25, 0.3) is 0 Å². The Morgan fingerprint density at radius 1 is 1.31 bits per heavy atom. The second kappa shape index (κ2) is 5.57. The Kier molecular flexibility index (Phi) is 5.15.